The van der Waals surface area contributed by atoms with Crippen LogP contribution in [0.25, 0.3) is 0 Å². The van der Waals surface area contributed by atoms with Gasteiger partial charge in [-0.1, -0.05) is 22.0 Å². The first-order valence-corrected chi connectivity index (χ1v) is 9.64. The zero-order valence-corrected chi connectivity index (χ0v) is 17.0. The second-order valence-corrected chi connectivity index (χ2v) is 7.79. The van der Waals surface area contributed by atoms with E-state index in [1.807, 2.05) is 26.0 Å². The molecule has 0 radical (unpaired) electrons. The summed E-state index contributed by atoms with van der Waals surface area (Å²) in [6.45, 7) is 4.07. The molecule has 2 atom stereocenters. The van der Waals surface area contributed by atoms with Gasteiger partial charge in [-0.15, -0.1) is 0 Å². The number of nitrogen functional groups attached to an aromatic ring is 2. The van der Waals surface area contributed by atoms with Crippen LogP contribution in [0.4, 0.5) is 11.4 Å². The first-order valence-electron chi connectivity index (χ1n) is 8.85. The minimum absolute atomic E-state index is 0.0274. The molecule has 2 heterocycles. The quantitative estimate of drug-likeness (QED) is 0.538. The highest BCUT2D eigenvalue weighted by molar-refractivity contribution is 9.10. The molecular weight excluding hydrogens is 412 g/mol. The van der Waals surface area contributed by atoms with Crippen LogP contribution >= 0.6 is 15.9 Å². The van der Waals surface area contributed by atoms with Gasteiger partial charge >= 0.3 is 0 Å². The predicted molar refractivity (Wildman–Crippen MR) is 109 cm³/mol. The van der Waals surface area contributed by atoms with E-state index in [-0.39, 0.29) is 25.4 Å². The molecule has 0 spiro atoms. The highest BCUT2D eigenvalue weighted by Crippen LogP contribution is 2.41. The first kappa shape index (κ1) is 19.8. The van der Waals surface area contributed by atoms with Gasteiger partial charge in [-0.05, 0) is 37.1 Å². The molecule has 27 heavy (non-hydrogen) atoms. The van der Waals surface area contributed by atoms with Gasteiger partial charge < -0.3 is 31.2 Å². The Balaban J connectivity index is 0.000000156. The molecule has 0 aromatic heterocycles. The summed E-state index contributed by atoms with van der Waals surface area (Å²) in [6, 6.07) is 5.82. The molecule has 7 heteroatoms. The van der Waals surface area contributed by atoms with Crippen LogP contribution in [-0.4, -0.2) is 35.6 Å². The van der Waals surface area contributed by atoms with Gasteiger partial charge in [0.15, 0.2) is 0 Å². The molecular formula is C20H25BrN2O4. The average molecular weight is 437 g/mol. The van der Waals surface area contributed by atoms with E-state index >= 15 is 0 Å². The molecule has 6 N–H and O–H groups in total. The fourth-order valence-electron chi connectivity index (χ4n) is 3.46. The third-order valence-electron chi connectivity index (χ3n) is 4.71. The number of aryl methyl sites for hydroxylation is 2. The van der Waals surface area contributed by atoms with Gasteiger partial charge in [-0.25, -0.2) is 0 Å². The molecule has 0 fully saturated rings. The molecule has 4 rings (SSSR count). The number of nitrogens with two attached hydrogens (primary N) is 2. The van der Waals surface area contributed by atoms with Crippen LogP contribution < -0.4 is 20.9 Å². The Kier molecular flexibility index (Phi) is 5.83. The van der Waals surface area contributed by atoms with Gasteiger partial charge in [0.05, 0.1) is 24.6 Å². The summed E-state index contributed by atoms with van der Waals surface area (Å²) in [6.07, 6.45) is 1.22. The van der Waals surface area contributed by atoms with E-state index in [1.54, 1.807) is 0 Å². The summed E-state index contributed by atoms with van der Waals surface area (Å²) < 4.78 is 12.0. The lowest BCUT2D eigenvalue weighted by atomic mass is 10.1. The number of hydrogen-bond donors (Lipinski definition) is 4. The minimum Gasteiger partial charge on any atom is -0.485 e. The van der Waals surface area contributed by atoms with Crippen LogP contribution in [0.2, 0.25) is 0 Å². The number of aliphatic hydroxyl groups is 2. The van der Waals surface area contributed by atoms with Gasteiger partial charge in [0.2, 0.25) is 0 Å². The van der Waals surface area contributed by atoms with E-state index in [9.17, 15) is 0 Å². The number of rotatable bonds is 2. The number of benzene rings is 2. The number of fused-ring (bicyclic) bond motifs is 2. The second-order valence-electron chi connectivity index (χ2n) is 7.00. The highest BCUT2D eigenvalue weighted by Gasteiger charge is 2.27. The maximum Gasteiger partial charge on any atom is 0.147 e. The van der Waals surface area contributed by atoms with Crippen molar-refractivity contribution in [3.05, 3.63) is 44.9 Å². The van der Waals surface area contributed by atoms with Gasteiger partial charge in [0.1, 0.15) is 23.7 Å². The van der Waals surface area contributed by atoms with Gasteiger partial charge in [0, 0.05) is 28.4 Å². The largest absolute Gasteiger partial charge is 0.485 e. The normalized spacial score (nSPS) is 19.4. The Morgan fingerprint density at radius 1 is 0.963 bits per heavy atom. The van der Waals surface area contributed by atoms with E-state index in [2.05, 4.69) is 22.0 Å². The molecule has 146 valence electrons. The van der Waals surface area contributed by atoms with Crippen LogP contribution in [0.1, 0.15) is 22.3 Å². The number of ether oxygens (including phenoxy) is 2. The first-order chi connectivity index (χ1) is 12.8. The summed E-state index contributed by atoms with van der Waals surface area (Å²) in [5.41, 5.74) is 17.4. The smallest absolute Gasteiger partial charge is 0.147 e. The number of halogens is 1. The monoisotopic (exact) mass is 436 g/mol. The number of anilines is 2. The standard InChI is InChI=1S/C10H12BrNO2.C10H13NO2/c1-5-2-8(12)10-7(9(5)11)3-6(4-13)14-10;1-6-2-7-4-8(5-12)13-10(7)9(11)3-6/h2,6,13H,3-4,12H2,1H3;2-3,8,12H,4-5,11H2,1H3. The van der Waals surface area contributed by atoms with E-state index in [1.165, 1.54) is 0 Å². The topological polar surface area (TPSA) is 111 Å². The third kappa shape index (κ3) is 4.00. The second kappa shape index (κ2) is 7.96. The maximum atomic E-state index is 9.01. The summed E-state index contributed by atoms with van der Waals surface area (Å²) in [7, 11) is 0. The van der Waals surface area contributed by atoms with E-state index in [4.69, 9.17) is 31.2 Å². The van der Waals surface area contributed by atoms with Crippen molar-refractivity contribution in [3.63, 3.8) is 0 Å². The molecule has 6 nitrogen and oxygen atoms in total. The van der Waals surface area contributed by atoms with Crippen molar-refractivity contribution < 1.29 is 19.7 Å². The molecule has 0 saturated heterocycles. The molecule has 0 saturated carbocycles. The number of aliphatic hydroxyl groups excluding tert-OH is 2. The van der Waals surface area contributed by atoms with Gasteiger partial charge in [-0.2, -0.15) is 0 Å². The van der Waals surface area contributed by atoms with Gasteiger partial charge in [-0.3, -0.25) is 0 Å². The lowest BCUT2D eigenvalue weighted by molar-refractivity contribution is 0.135. The third-order valence-corrected chi connectivity index (χ3v) is 5.82. The van der Waals surface area contributed by atoms with Crippen LogP contribution in [-0.2, 0) is 12.8 Å². The Morgan fingerprint density at radius 3 is 2.22 bits per heavy atom. The van der Waals surface area contributed by atoms with E-state index < -0.39 is 0 Å². The highest BCUT2D eigenvalue weighted by atomic mass is 79.9. The molecule has 2 aromatic rings. The Hall–Kier alpha value is -1.96. The van der Waals surface area contributed by atoms with Crippen molar-refractivity contribution >= 4 is 27.3 Å². The lowest BCUT2D eigenvalue weighted by Gasteiger charge is -2.08. The fourth-order valence-corrected chi connectivity index (χ4v) is 3.92. The van der Waals surface area contributed by atoms with Crippen LogP contribution in [0, 0.1) is 13.8 Å². The number of hydrogen-bond acceptors (Lipinski definition) is 6. The average Bonchev–Trinajstić information content (AvgIpc) is 3.24. The molecule has 2 aromatic carbocycles. The Bertz CT molecular complexity index is 857. The predicted octanol–water partition coefficient (Wildman–Crippen LogP) is 2.51. The molecule has 2 aliphatic heterocycles. The van der Waals surface area contributed by atoms with Crippen molar-refractivity contribution in [2.24, 2.45) is 0 Å². The van der Waals surface area contributed by atoms with Crippen molar-refractivity contribution in [3.8, 4) is 11.5 Å². The fraction of sp³-hybridized carbons (Fsp3) is 0.400. The molecule has 0 amide bonds. The molecule has 0 aliphatic carbocycles. The SMILES string of the molecule is Cc1cc(N)c2c(c1)CC(CO)O2.Cc1cc(N)c2c(c1Br)CC(CO)O2. The van der Waals surface area contributed by atoms with Crippen molar-refractivity contribution in [1.29, 1.82) is 0 Å². The summed E-state index contributed by atoms with van der Waals surface area (Å²) >= 11 is 3.50. The van der Waals surface area contributed by atoms with Crippen LogP contribution in [0.15, 0.2) is 22.7 Å². The van der Waals surface area contributed by atoms with Crippen molar-refractivity contribution in [1.82, 2.24) is 0 Å². The van der Waals surface area contributed by atoms with Crippen molar-refractivity contribution in [2.75, 3.05) is 24.7 Å². The summed E-state index contributed by atoms with van der Waals surface area (Å²) in [4.78, 5) is 0. The molecule has 2 aliphatic rings. The van der Waals surface area contributed by atoms with Crippen LogP contribution in [0.5, 0.6) is 11.5 Å². The van der Waals surface area contributed by atoms with Crippen molar-refractivity contribution in [2.45, 2.75) is 38.9 Å². The summed E-state index contributed by atoms with van der Waals surface area (Å²) in [5.74, 6) is 1.48. The van der Waals surface area contributed by atoms with E-state index in [0.29, 0.717) is 11.4 Å². The Labute approximate surface area is 167 Å². The zero-order chi connectivity index (χ0) is 19.7. The maximum absolute atomic E-state index is 9.01. The lowest BCUT2D eigenvalue weighted by Crippen LogP contribution is -2.17. The summed E-state index contributed by atoms with van der Waals surface area (Å²) in [5, 5.41) is 17.9. The molecule has 0 bridgehead atoms. The van der Waals surface area contributed by atoms with Gasteiger partial charge in [0.25, 0.3) is 0 Å². The molecule has 2 unspecified atom stereocenters. The minimum atomic E-state index is -0.148. The Morgan fingerprint density at radius 2 is 1.56 bits per heavy atom. The zero-order valence-electron chi connectivity index (χ0n) is 15.5. The van der Waals surface area contributed by atoms with Crippen LogP contribution in [0.3, 0.4) is 0 Å². The van der Waals surface area contributed by atoms with E-state index in [0.717, 1.165) is 51.1 Å².